The fourth-order valence-corrected chi connectivity index (χ4v) is 2.08. The smallest absolute Gasteiger partial charge is 0.221 e. The Hall–Kier alpha value is -1.32. The van der Waals surface area contributed by atoms with Gasteiger partial charge in [-0.15, -0.1) is 0 Å². The van der Waals surface area contributed by atoms with Crippen molar-refractivity contribution >= 4 is 29.2 Å². The summed E-state index contributed by atoms with van der Waals surface area (Å²) in [4.78, 5) is 8.18. The van der Waals surface area contributed by atoms with Gasteiger partial charge in [-0.2, -0.15) is 0 Å². The molecule has 0 saturated carbocycles. The molecule has 2 aromatic rings. The van der Waals surface area contributed by atoms with Gasteiger partial charge < -0.3 is 5.73 Å². The highest BCUT2D eigenvalue weighted by molar-refractivity contribution is 6.32. The highest BCUT2D eigenvalue weighted by atomic mass is 35.5. The number of nitrogen functional groups attached to an aromatic ring is 1. The molecule has 0 amide bonds. The van der Waals surface area contributed by atoms with Gasteiger partial charge in [-0.25, -0.2) is 9.97 Å². The number of nitrogens with zero attached hydrogens (tertiary/aromatic N) is 2. The van der Waals surface area contributed by atoms with E-state index in [4.69, 9.17) is 28.9 Å². The second kappa shape index (κ2) is 4.90. The minimum Gasteiger partial charge on any atom is -0.368 e. The lowest BCUT2D eigenvalue weighted by Crippen LogP contribution is -2.02. The number of aryl methyl sites for hydroxylation is 1. The summed E-state index contributed by atoms with van der Waals surface area (Å²) in [6, 6.07) is 7.40. The van der Waals surface area contributed by atoms with E-state index in [1.165, 1.54) is 0 Å². The summed E-state index contributed by atoms with van der Waals surface area (Å²) in [7, 11) is 0. The fraction of sp³-hybridized carbons (Fsp3) is 0.167. The Kier molecular flexibility index (Phi) is 3.50. The van der Waals surface area contributed by atoms with Crippen LogP contribution in [0.5, 0.6) is 0 Å². The van der Waals surface area contributed by atoms with E-state index in [1.807, 2.05) is 31.2 Å². The van der Waals surface area contributed by atoms with Gasteiger partial charge in [0.1, 0.15) is 5.15 Å². The van der Waals surface area contributed by atoms with Gasteiger partial charge in [-0.3, -0.25) is 0 Å². The summed E-state index contributed by atoms with van der Waals surface area (Å²) in [5, 5.41) is 1.05. The first-order chi connectivity index (χ1) is 8.11. The monoisotopic (exact) mass is 267 g/mol. The van der Waals surface area contributed by atoms with Gasteiger partial charge in [0.05, 0.1) is 5.69 Å². The standard InChI is InChI=1S/C12H11Cl2N3/c1-2-9-10(11(14)17-12(15)16-9)7-3-5-8(13)6-4-7/h3-6H,2H2,1H3,(H2,15,16,17). The van der Waals surface area contributed by atoms with Gasteiger partial charge in [0.15, 0.2) is 0 Å². The summed E-state index contributed by atoms with van der Waals surface area (Å²) >= 11 is 12.0. The van der Waals surface area contributed by atoms with Gasteiger partial charge in [-0.05, 0) is 24.1 Å². The first kappa shape index (κ1) is 12.1. The third-order valence-corrected chi connectivity index (χ3v) is 2.95. The maximum atomic E-state index is 6.12. The minimum absolute atomic E-state index is 0.199. The molecule has 2 rings (SSSR count). The van der Waals surface area contributed by atoms with E-state index in [9.17, 15) is 0 Å². The molecule has 5 heteroatoms. The SMILES string of the molecule is CCc1nc(N)nc(Cl)c1-c1ccc(Cl)cc1. The second-order valence-electron chi connectivity index (χ2n) is 3.55. The van der Waals surface area contributed by atoms with Crippen LogP contribution in [0.3, 0.4) is 0 Å². The Balaban J connectivity index is 2.61. The molecule has 0 spiro atoms. The normalized spacial score (nSPS) is 10.5. The summed E-state index contributed by atoms with van der Waals surface area (Å²) in [5.74, 6) is 0.199. The van der Waals surface area contributed by atoms with E-state index in [2.05, 4.69) is 9.97 Å². The zero-order valence-electron chi connectivity index (χ0n) is 9.24. The third kappa shape index (κ3) is 2.51. The topological polar surface area (TPSA) is 51.8 Å². The first-order valence-electron chi connectivity index (χ1n) is 5.19. The van der Waals surface area contributed by atoms with E-state index in [0.717, 1.165) is 23.2 Å². The summed E-state index contributed by atoms with van der Waals surface area (Å²) in [6.45, 7) is 2.00. The van der Waals surface area contributed by atoms with Crippen molar-refractivity contribution in [1.82, 2.24) is 9.97 Å². The molecule has 88 valence electrons. The predicted octanol–water partition coefficient (Wildman–Crippen LogP) is 3.60. The van der Waals surface area contributed by atoms with Crippen LogP contribution in [-0.4, -0.2) is 9.97 Å². The van der Waals surface area contributed by atoms with Gasteiger partial charge in [0.2, 0.25) is 5.95 Å². The van der Waals surface area contributed by atoms with Crippen LogP contribution < -0.4 is 5.73 Å². The van der Waals surface area contributed by atoms with Crippen molar-refractivity contribution in [2.75, 3.05) is 5.73 Å². The first-order valence-corrected chi connectivity index (χ1v) is 5.95. The van der Waals surface area contributed by atoms with Crippen LogP contribution in [0, 0.1) is 0 Å². The lowest BCUT2D eigenvalue weighted by molar-refractivity contribution is 1.01. The number of hydrogen-bond acceptors (Lipinski definition) is 3. The molecule has 0 atom stereocenters. The summed E-state index contributed by atoms with van der Waals surface area (Å²) in [5.41, 5.74) is 8.18. The summed E-state index contributed by atoms with van der Waals surface area (Å²) < 4.78 is 0. The number of benzene rings is 1. The molecule has 2 N–H and O–H groups in total. The molecule has 0 aliphatic carbocycles. The molecular weight excluding hydrogens is 257 g/mol. The number of hydrogen-bond donors (Lipinski definition) is 1. The maximum absolute atomic E-state index is 6.12. The number of nitrogens with two attached hydrogens (primary N) is 1. The van der Waals surface area contributed by atoms with Crippen LogP contribution in [0.1, 0.15) is 12.6 Å². The zero-order valence-corrected chi connectivity index (χ0v) is 10.8. The number of halogens is 2. The van der Waals surface area contributed by atoms with Crippen molar-refractivity contribution < 1.29 is 0 Å². The van der Waals surface area contributed by atoms with E-state index >= 15 is 0 Å². The Morgan fingerprint density at radius 1 is 1.12 bits per heavy atom. The van der Waals surface area contributed by atoms with Gasteiger partial charge in [-0.1, -0.05) is 42.3 Å². The van der Waals surface area contributed by atoms with E-state index in [-0.39, 0.29) is 5.95 Å². The lowest BCUT2D eigenvalue weighted by Gasteiger charge is -2.09. The van der Waals surface area contributed by atoms with Crippen molar-refractivity contribution in [2.45, 2.75) is 13.3 Å². The van der Waals surface area contributed by atoms with Crippen molar-refractivity contribution in [2.24, 2.45) is 0 Å². The molecule has 0 bridgehead atoms. The Labute approximate surface area is 110 Å². The average Bonchev–Trinajstić information content (AvgIpc) is 2.30. The van der Waals surface area contributed by atoms with Crippen molar-refractivity contribution in [3.05, 3.63) is 40.1 Å². The molecule has 0 saturated heterocycles. The van der Waals surface area contributed by atoms with Gasteiger partial charge in [0.25, 0.3) is 0 Å². The number of anilines is 1. The predicted molar refractivity (Wildman–Crippen MR) is 71.3 cm³/mol. The molecule has 0 radical (unpaired) electrons. The van der Waals surface area contributed by atoms with Crippen LogP contribution in [0.4, 0.5) is 5.95 Å². The van der Waals surface area contributed by atoms with E-state index < -0.39 is 0 Å². The highest BCUT2D eigenvalue weighted by Gasteiger charge is 2.12. The van der Waals surface area contributed by atoms with E-state index in [1.54, 1.807) is 0 Å². The molecule has 3 nitrogen and oxygen atoms in total. The number of rotatable bonds is 2. The average molecular weight is 268 g/mol. The largest absolute Gasteiger partial charge is 0.368 e. The molecule has 0 aliphatic rings. The summed E-state index contributed by atoms with van der Waals surface area (Å²) in [6.07, 6.45) is 0.740. The van der Waals surface area contributed by atoms with E-state index in [0.29, 0.717) is 10.2 Å². The molecule has 0 fully saturated rings. The molecule has 1 aromatic heterocycles. The minimum atomic E-state index is 0.199. The highest BCUT2D eigenvalue weighted by Crippen LogP contribution is 2.30. The van der Waals surface area contributed by atoms with Crippen molar-refractivity contribution in [3.63, 3.8) is 0 Å². The van der Waals surface area contributed by atoms with Crippen LogP contribution in [-0.2, 0) is 6.42 Å². The Morgan fingerprint density at radius 3 is 2.35 bits per heavy atom. The van der Waals surface area contributed by atoms with Crippen LogP contribution in [0.15, 0.2) is 24.3 Å². The Morgan fingerprint density at radius 2 is 1.76 bits per heavy atom. The van der Waals surface area contributed by atoms with Crippen LogP contribution in [0.2, 0.25) is 10.2 Å². The lowest BCUT2D eigenvalue weighted by atomic mass is 10.0. The molecular formula is C12H11Cl2N3. The third-order valence-electron chi connectivity index (χ3n) is 2.42. The second-order valence-corrected chi connectivity index (χ2v) is 4.35. The van der Waals surface area contributed by atoms with Crippen LogP contribution >= 0.6 is 23.2 Å². The maximum Gasteiger partial charge on any atom is 0.221 e. The quantitative estimate of drug-likeness (QED) is 0.846. The Bertz CT molecular complexity index is 538. The van der Waals surface area contributed by atoms with Crippen molar-refractivity contribution in [3.8, 4) is 11.1 Å². The van der Waals surface area contributed by atoms with Gasteiger partial charge in [0, 0.05) is 10.6 Å². The fourth-order valence-electron chi connectivity index (χ4n) is 1.65. The van der Waals surface area contributed by atoms with Gasteiger partial charge >= 0.3 is 0 Å². The zero-order chi connectivity index (χ0) is 12.4. The molecule has 17 heavy (non-hydrogen) atoms. The van der Waals surface area contributed by atoms with Crippen molar-refractivity contribution in [1.29, 1.82) is 0 Å². The van der Waals surface area contributed by atoms with Crippen LogP contribution in [0.25, 0.3) is 11.1 Å². The molecule has 1 aromatic carbocycles. The number of aromatic nitrogens is 2. The molecule has 0 aliphatic heterocycles. The molecule has 0 unspecified atom stereocenters. The molecule has 1 heterocycles.